The van der Waals surface area contributed by atoms with E-state index in [0.717, 1.165) is 30.4 Å². The Balaban J connectivity index is 1.73. The molecule has 3 rings (SSSR count). The van der Waals surface area contributed by atoms with Gasteiger partial charge in [-0.3, -0.25) is 0 Å². The average molecular weight is 469 g/mol. The fourth-order valence-corrected chi connectivity index (χ4v) is 4.26. The van der Waals surface area contributed by atoms with Crippen molar-refractivity contribution in [3.8, 4) is 0 Å². The molecule has 0 aliphatic heterocycles. The van der Waals surface area contributed by atoms with E-state index in [0.29, 0.717) is 41.9 Å². The number of halogens is 4. The second-order valence-electron chi connectivity index (χ2n) is 8.99. The van der Waals surface area contributed by atoms with Gasteiger partial charge in [0, 0.05) is 17.6 Å². The third kappa shape index (κ3) is 6.16. The molecule has 0 bridgehead atoms. The molecule has 0 amide bonds. The summed E-state index contributed by atoms with van der Waals surface area (Å²) >= 11 is 0. The van der Waals surface area contributed by atoms with E-state index in [2.05, 4.69) is 13.5 Å². The lowest BCUT2D eigenvalue weighted by Gasteiger charge is -2.19. The highest BCUT2D eigenvalue weighted by Gasteiger charge is 2.19. The fourth-order valence-electron chi connectivity index (χ4n) is 4.26. The predicted molar refractivity (Wildman–Crippen MR) is 134 cm³/mol. The van der Waals surface area contributed by atoms with Crippen LogP contribution in [0.25, 0.3) is 11.1 Å². The molecular weight excluding hydrogens is 436 g/mol. The Morgan fingerprint density at radius 1 is 1.03 bits per heavy atom. The largest absolute Gasteiger partial charge is 0.209 e. The first-order valence-electron chi connectivity index (χ1n) is 12.0. The quantitative estimate of drug-likeness (QED) is 0.254. The van der Waals surface area contributed by atoms with Crippen molar-refractivity contribution >= 4 is 11.1 Å². The highest BCUT2D eigenvalue weighted by Crippen LogP contribution is 2.33. The second-order valence-corrected chi connectivity index (χ2v) is 8.99. The van der Waals surface area contributed by atoms with Crippen molar-refractivity contribution in [3.63, 3.8) is 0 Å². The molecule has 0 saturated heterocycles. The molecule has 1 aliphatic carbocycles. The third-order valence-corrected chi connectivity index (χ3v) is 6.36. The monoisotopic (exact) mass is 468 g/mol. The highest BCUT2D eigenvalue weighted by atomic mass is 19.2. The minimum atomic E-state index is -0.880. The van der Waals surface area contributed by atoms with E-state index >= 15 is 0 Å². The summed E-state index contributed by atoms with van der Waals surface area (Å²) < 4.78 is 58.2. The van der Waals surface area contributed by atoms with E-state index in [1.807, 2.05) is 6.08 Å². The van der Waals surface area contributed by atoms with Crippen molar-refractivity contribution in [1.82, 2.24) is 0 Å². The Labute approximate surface area is 200 Å². The molecule has 0 saturated carbocycles. The zero-order chi connectivity index (χ0) is 24.7. The summed E-state index contributed by atoms with van der Waals surface area (Å²) in [7, 11) is 0. The first-order valence-corrected chi connectivity index (χ1v) is 12.0. The molecule has 4 heteroatoms. The SMILES string of the molecule is C=C/C=C(\C(F)=C(\F)CCC)c1ccc(CCc2ccc(C3=CCC(C)CC3)c(F)c2F)cc1. The molecule has 1 aliphatic rings. The van der Waals surface area contributed by atoms with Gasteiger partial charge >= 0.3 is 0 Å². The highest BCUT2D eigenvalue weighted by molar-refractivity contribution is 5.78. The Morgan fingerprint density at radius 3 is 2.38 bits per heavy atom. The first-order chi connectivity index (χ1) is 16.3. The number of benzene rings is 2. The molecular formula is C30H32F4. The van der Waals surface area contributed by atoms with E-state index in [4.69, 9.17) is 0 Å². The van der Waals surface area contributed by atoms with Crippen molar-refractivity contribution in [2.45, 2.75) is 58.8 Å². The molecule has 0 fully saturated rings. The summed E-state index contributed by atoms with van der Waals surface area (Å²) in [6.07, 6.45) is 8.92. The van der Waals surface area contributed by atoms with Crippen LogP contribution in [0, 0.1) is 17.6 Å². The van der Waals surface area contributed by atoms with Gasteiger partial charge in [-0.2, -0.15) is 0 Å². The van der Waals surface area contributed by atoms with Gasteiger partial charge in [0.15, 0.2) is 17.5 Å². The molecule has 2 aromatic rings. The van der Waals surface area contributed by atoms with Crippen molar-refractivity contribution in [2.24, 2.45) is 5.92 Å². The van der Waals surface area contributed by atoms with E-state index in [1.54, 1.807) is 43.3 Å². The van der Waals surface area contributed by atoms with Crippen LogP contribution in [0.15, 0.2) is 72.9 Å². The maximum Gasteiger partial charge on any atom is 0.166 e. The molecule has 0 heterocycles. The minimum absolute atomic E-state index is 0.0374. The summed E-state index contributed by atoms with van der Waals surface area (Å²) in [5.41, 5.74) is 3.15. The first kappa shape index (κ1) is 25.7. The average Bonchev–Trinajstić information content (AvgIpc) is 2.84. The van der Waals surface area contributed by atoms with Crippen LogP contribution in [0.5, 0.6) is 0 Å². The van der Waals surface area contributed by atoms with Crippen molar-refractivity contribution in [1.29, 1.82) is 0 Å². The van der Waals surface area contributed by atoms with Crippen LogP contribution in [-0.4, -0.2) is 0 Å². The lowest BCUT2D eigenvalue weighted by atomic mass is 9.87. The fraction of sp³-hybridized carbons (Fsp3) is 0.333. The van der Waals surface area contributed by atoms with E-state index in [1.165, 1.54) is 12.2 Å². The van der Waals surface area contributed by atoms with Crippen LogP contribution < -0.4 is 0 Å². The van der Waals surface area contributed by atoms with Gasteiger partial charge in [0.1, 0.15) is 5.83 Å². The van der Waals surface area contributed by atoms with Crippen LogP contribution in [-0.2, 0) is 12.8 Å². The lowest BCUT2D eigenvalue weighted by molar-refractivity contribution is 0.492. The Morgan fingerprint density at radius 2 is 1.76 bits per heavy atom. The second kappa shape index (κ2) is 12.0. The third-order valence-electron chi connectivity index (χ3n) is 6.36. The van der Waals surface area contributed by atoms with Gasteiger partial charge in [0.25, 0.3) is 0 Å². The van der Waals surface area contributed by atoms with Crippen LogP contribution in [0.3, 0.4) is 0 Å². The number of aryl methyl sites for hydroxylation is 2. The maximum atomic E-state index is 14.8. The van der Waals surface area contributed by atoms with Crippen LogP contribution in [0.2, 0.25) is 0 Å². The topological polar surface area (TPSA) is 0 Å². The van der Waals surface area contributed by atoms with E-state index < -0.39 is 23.3 Å². The number of allylic oxidation sites excluding steroid dienone is 7. The predicted octanol–water partition coefficient (Wildman–Crippen LogP) is 9.47. The van der Waals surface area contributed by atoms with Gasteiger partial charge in [0.05, 0.1) is 0 Å². The number of rotatable bonds is 9. The maximum absolute atomic E-state index is 14.8. The van der Waals surface area contributed by atoms with Gasteiger partial charge in [-0.25, -0.2) is 17.6 Å². The van der Waals surface area contributed by atoms with Crippen molar-refractivity contribution < 1.29 is 17.6 Å². The van der Waals surface area contributed by atoms with Crippen LogP contribution >= 0.6 is 0 Å². The number of hydrogen-bond acceptors (Lipinski definition) is 0. The van der Waals surface area contributed by atoms with Crippen LogP contribution in [0.1, 0.15) is 68.2 Å². The summed E-state index contributed by atoms with van der Waals surface area (Å²) in [5, 5.41) is 0. The standard InChI is InChI=1S/C30H32F4/c1-4-6-25(29(33)27(31)7-5-2)23-15-10-21(11-16-23)12-17-24-18-19-26(30(34)28(24)32)22-13-8-20(3)9-14-22/h4,6,10-11,13,15-16,18-20H,1,5,7-9,12,14,17H2,2-3H3/b25-6-,29-27-. The van der Waals surface area contributed by atoms with Gasteiger partial charge in [0.2, 0.25) is 0 Å². The number of hydrogen-bond donors (Lipinski definition) is 0. The van der Waals surface area contributed by atoms with Gasteiger partial charge in [-0.15, -0.1) is 0 Å². The van der Waals surface area contributed by atoms with Crippen LogP contribution in [0.4, 0.5) is 17.6 Å². The molecule has 2 aromatic carbocycles. The molecule has 0 spiro atoms. The molecule has 34 heavy (non-hydrogen) atoms. The summed E-state index contributed by atoms with van der Waals surface area (Å²) in [4.78, 5) is 0. The smallest absolute Gasteiger partial charge is 0.166 e. The van der Waals surface area contributed by atoms with Gasteiger partial charge < -0.3 is 0 Å². The molecule has 180 valence electrons. The minimum Gasteiger partial charge on any atom is -0.209 e. The molecule has 1 unspecified atom stereocenters. The summed E-state index contributed by atoms with van der Waals surface area (Å²) in [6.45, 7) is 7.54. The summed E-state index contributed by atoms with van der Waals surface area (Å²) in [6, 6.07) is 10.4. The van der Waals surface area contributed by atoms with E-state index in [-0.39, 0.29) is 12.0 Å². The van der Waals surface area contributed by atoms with E-state index in [9.17, 15) is 17.6 Å². The molecule has 1 atom stereocenters. The lowest BCUT2D eigenvalue weighted by Crippen LogP contribution is -2.05. The van der Waals surface area contributed by atoms with Gasteiger partial charge in [-0.05, 0) is 66.7 Å². The molecule has 0 radical (unpaired) electrons. The molecule has 0 nitrogen and oxygen atoms in total. The zero-order valence-corrected chi connectivity index (χ0v) is 19.9. The Kier molecular flexibility index (Phi) is 9.09. The van der Waals surface area contributed by atoms with Crippen molar-refractivity contribution in [2.75, 3.05) is 0 Å². The summed E-state index contributed by atoms with van der Waals surface area (Å²) in [5.74, 6) is -2.64. The Hall–Kier alpha value is -2.88. The molecule has 0 aromatic heterocycles. The van der Waals surface area contributed by atoms with Gasteiger partial charge in [-0.1, -0.05) is 75.1 Å². The Bertz CT molecular complexity index is 1100. The zero-order valence-electron chi connectivity index (χ0n) is 19.9. The molecule has 0 N–H and O–H groups in total. The normalized spacial score (nSPS) is 17.3. The van der Waals surface area contributed by atoms with Crippen molar-refractivity contribution in [3.05, 3.63) is 107 Å².